The molecule has 0 aromatic heterocycles. The Hall–Kier alpha value is -0.330. The quantitative estimate of drug-likeness (QED) is 0.372. The molecular formula is C11H21ClO5S. The van der Waals surface area contributed by atoms with E-state index in [2.05, 4.69) is 11.1 Å². The van der Waals surface area contributed by atoms with E-state index in [9.17, 15) is 13.2 Å². The van der Waals surface area contributed by atoms with Gasteiger partial charge < -0.3 is 4.74 Å². The smallest absolute Gasteiger partial charge is 0.355 e. The summed E-state index contributed by atoms with van der Waals surface area (Å²) in [7, 11) is 0.844. The van der Waals surface area contributed by atoms with Crippen LogP contribution in [-0.2, 0) is 23.0 Å². The Kier molecular flexibility index (Phi) is 7.82. The molecule has 0 rings (SSSR count). The molecule has 108 valence electrons. The standard InChI is InChI=1S/C11H21ClO5S/c1-4-5-6-7-8-16-10(13)11(2,3)9-17-18(12,14)15/h4-9H2,1-3H3. The average Bonchev–Trinajstić information content (AvgIpc) is 2.25. The van der Waals surface area contributed by atoms with E-state index >= 15 is 0 Å². The van der Waals surface area contributed by atoms with Gasteiger partial charge in [-0.15, -0.1) is 0 Å². The SMILES string of the molecule is CCCCCCOC(=O)C(C)(C)COS(=O)(=O)Cl. The van der Waals surface area contributed by atoms with Gasteiger partial charge in [0.1, 0.15) is 0 Å². The van der Waals surface area contributed by atoms with Crippen LogP contribution >= 0.6 is 10.7 Å². The number of rotatable bonds is 9. The molecule has 0 spiro atoms. The predicted molar refractivity (Wildman–Crippen MR) is 69.6 cm³/mol. The maximum atomic E-state index is 11.7. The van der Waals surface area contributed by atoms with Gasteiger partial charge in [-0.25, -0.2) is 0 Å². The molecule has 0 saturated heterocycles. The van der Waals surface area contributed by atoms with E-state index in [4.69, 9.17) is 15.4 Å². The van der Waals surface area contributed by atoms with Gasteiger partial charge in [-0.3, -0.25) is 8.98 Å². The fourth-order valence-electron chi connectivity index (χ4n) is 1.17. The van der Waals surface area contributed by atoms with Crippen molar-refractivity contribution in [2.45, 2.75) is 46.5 Å². The molecule has 0 aliphatic heterocycles. The number of unbranched alkanes of at least 4 members (excludes halogenated alkanes) is 3. The highest BCUT2D eigenvalue weighted by molar-refractivity contribution is 8.09. The number of hydrogen-bond acceptors (Lipinski definition) is 5. The second-order valence-corrected chi connectivity index (χ2v) is 6.89. The number of carbonyl (C=O) groups excluding carboxylic acids is 1. The Morgan fingerprint density at radius 3 is 2.33 bits per heavy atom. The topological polar surface area (TPSA) is 69.7 Å². The summed E-state index contributed by atoms with van der Waals surface area (Å²) in [5, 5.41) is 0. The summed E-state index contributed by atoms with van der Waals surface area (Å²) >= 11 is 0. The molecule has 0 aliphatic carbocycles. The lowest BCUT2D eigenvalue weighted by molar-refractivity contribution is -0.155. The van der Waals surface area contributed by atoms with Crippen molar-refractivity contribution in [3.63, 3.8) is 0 Å². The van der Waals surface area contributed by atoms with Crippen LogP contribution in [0.1, 0.15) is 46.5 Å². The van der Waals surface area contributed by atoms with Gasteiger partial charge in [0.05, 0.1) is 18.6 Å². The van der Waals surface area contributed by atoms with Gasteiger partial charge in [0.15, 0.2) is 0 Å². The van der Waals surface area contributed by atoms with Crippen LogP contribution in [0.4, 0.5) is 0 Å². The number of ether oxygens (including phenoxy) is 1. The normalized spacial score (nSPS) is 12.4. The Balaban J connectivity index is 3.99. The number of hydrogen-bond donors (Lipinski definition) is 0. The molecular weight excluding hydrogens is 280 g/mol. The largest absolute Gasteiger partial charge is 0.465 e. The third-order valence-electron chi connectivity index (χ3n) is 2.34. The summed E-state index contributed by atoms with van der Waals surface area (Å²) < 4.78 is 30.7. The summed E-state index contributed by atoms with van der Waals surface area (Å²) in [6.45, 7) is 5.20. The summed E-state index contributed by atoms with van der Waals surface area (Å²) in [5.74, 6) is -0.487. The van der Waals surface area contributed by atoms with E-state index < -0.39 is 20.7 Å². The van der Waals surface area contributed by atoms with Crippen molar-refractivity contribution in [2.24, 2.45) is 5.41 Å². The molecule has 0 radical (unpaired) electrons. The van der Waals surface area contributed by atoms with Crippen LogP contribution in [-0.4, -0.2) is 27.6 Å². The van der Waals surface area contributed by atoms with Crippen LogP contribution in [0.2, 0.25) is 0 Å². The minimum atomic E-state index is -4.06. The summed E-state index contributed by atoms with van der Waals surface area (Å²) in [5.41, 5.74) is -1.04. The second-order valence-electron chi connectivity index (χ2n) is 4.74. The fourth-order valence-corrected chi connectivity index (χ4v) is 1.73. The number of esters is 1. The van der Waals surface area contributed by atoms with Gasteiger partial charge in [0.25, 0.3) is 0 Å². The molecule has 0 saturated carbocycles. The van der Waals surface area contributed by atoms with Crippen molar-refractivity contribution in [3.05, 3.63) is 0 Å². The second kappa shape index (κ2) is 7.96. The highest BCUT2D eigenvalue weighted by atomic mass is 35.7. The fraction of sp³-hybridized carbons (Fsp3) is 0.909. The van der Waals surface area contributed by atoms with Crippen molar-refractivity contribution < 1.29 is 22.1 Å². The zero-order chi connectivity index (χ0) is 14.2. The average molecular weight is 301 g/mol. The molecule has 0 N–H and O–H groups in total. The zero-order valence-electron chi connectivity index (χ0n) is 11.1. The molecule has 0 bridgehead atoms. The third kappa shape index (κ3) is 8.72. The molecule has 0 amide bonds. The first kappa shape index (κ1) is 17.7. The van der Waals surface area contributed by atoms with Gasteiger partial charge in [0.2, 0.25) is 0 Å². The van der Waals surface area contributed by atoms with Crippen molar-refractivity contribution >= 4 is 26.0 Å². The lowest BCUT2D eigenvalue weighted by Crippen LogP contribution is -2.32. The van der Waals surface area contributed by atoms with Gasteiger partial charge in [0, 0.05) is 10.7 Å². The first-order valence-corrected chi connectivity index (χ1v) is 8.18. The maximum absolute atomic E-state index is 11.7. The molecule has 0 atom stereocenters. The summed E-state index contributed by atoms with van der Waals surface area (Å²) in [4.78, 5) is 11.7. The van der Waals surface area contributed by atoms with E-state index in [1.54, 1.807) is 13.8 Å². The number of halogens is 1. The molecule has 0 aliphatic rings. The van der Waals surface area contributed by atoms with Crippen LogP contribution in [0.5, 0.6) is 0 Å². The third-order valence-corrected chi connectivity index (χ3v) is 3.01. The van der Waals surface area contributed by atoms with Crippen LogP contribution < -0.4 is 0 Å². The first-order valence-electron chi connectivity index (χ1n) is 5.95. The Labute approximate surface area is 113 Å². The lowest BCUT2D eigenvalue weighted by Gasteiger charge is -2.21. The minimum Gasteiger partial charge on any atom is -0.465 e. The van der Waals surface area contributed by atoms with Crippen LogP contribution in [0, 0.1) is 5.41 Å². The molecule has 0 fully saturated rings. The van der Waals surface area contributed by atoms with E-state index in [0.717, 1.165) is 25.7 Å². The van der Waals surface area contributed by atoms with Gasteiger partial charge in [-0.05, 0) is 20.3 Å². The predicted octanol–water partition coefficient (Wildman–Crippen LogP) is 2.64. The van der Waals surface area contributed by atoms with E-state index in [0.29, 0.717) is 6.61 Å². The van der Waals surface area contributed by atoms with Crippen molar-refractivity contribution in [1.29, 1.82) is 0 Å². The number of carbonyl (C=O) groups is 1. The lowest BCUT2D eigenvalue weighted by atomic mass is 9.95. The monoisotopic (exact) mass is 300 g/mol. The van der Waals surface area contributed by atoms with Crippen LogP contribution in [0.25, 0.3) is 0 Å². The summed E-state index contributed by atoms with van der Waals surface area (Å²) in [6, 6.07) is 0. The molecule has 0 aromatic rings. The van der Waals surface area contributed by atoms with Crippen molar-refractivity contribution in [1.82, 2.24) is 0 Å². The van der Waals surface area contributed by atoms with Crippen LogP contribution in [0.15, 0.2) is 0 Å². The Morgan fingerprint density at radius 1 is 1.22 bits per heavy atom. The van der Waals surface area contributed by atoms with Gasteiger partial charge in [-0.1, -0.05) is 26.2 Å². The Bertz CT molecular complexity index is 350. The van der Waals surface area contributed by atoms with E-state index in [-0.39, 0.29) is 6.61 Å². The highest BCUT2D eigenvalue weighted by Gasteiger charge is 2.31. The van der Waals surface area contributed by atoms with Crippen molar-refractivity contribution in [2.75, 3.05) is 13.2 Å². The minimum absolute atomic E-state index is 0.327. The molecule has 0 unspecified atom stereocenters. The molecule has 18 heavy (non-hydrogen) atoms. The van der Waals surface area contributed by atoms with Gasteiger partial charge >= 0.3 is 15.3 Å². The maximum Gasteiger partial charge on any atom is 0.355 e. The van der Waals surface area contributed by atoms with E-state index in [1.165, 1.54) is 0 Å². The molecule has 5 nitrogen and oxygen atoms in total. The zero-order valence-corrected chi connectivity index (χ0v) is 12.6. The molecule has 0 heterocycles. The van der Waals surface area contributed by atoms with E-state index in [1.807, 2.05) is 0 Å². The van der Waals surface area contributed by atoms with Crippen molar-refractivity contribution in [3.8, 4) is 0 Å². The molecule has 0 aromatic carbocycles. The first-order chi connectivity index (χ1) is 8.19. The molecule has 7 heteroatoms. The van der Waals surface area contributed by atoms with Gasteiger partial charge in [-0.2, -0.15) is 8.42 Å². The summed E-state index contributed by atoms with van der Waals surface area (Å²) in [6.07, 6.45) is 4.04. The van der Waals surface area contributed by atoms with Crippen LogP contribution in [0.3, 0.4) is 0 Å². The Morgan fingerprint density at radius 2 is 1.83 bits per heavy atom. The highest BCUT2D eigenvalue weighted by Crippen LogP contribution is 2.20.